The topological polar surface area (TPSA) is 27.7 Å². The lowest BCUT2D eigenvalue weighted by molar-refractivity contribution is 0.309. The fraction of sp³-hybridized carbons (Fsp3) is 0.617. The Hall–Kier alpha value is -0.840. The van der Waals surface area contributed by atoms with Crippen LogP contribution in [0.1, 0.15) is 209 Å². The Morgan fingerprint density at radius 1 is 0.375 bits per heavy atom. The standard InChI is InChI=1S/C47H72O3S6/c1-11-20-48-44-32(38(51)14-4)23-29(24-33(44)39(52)15-5)47(10,30-25-34(40(53)16-6)45(49-21-12-2)35(26-30)41(54)17-7)31-27-36(42(55)18-8)46(50-22-13-3)37(28-31)43(56)19-9/h23-28,38-43,51-56H,11-22H2,1-10H3. The van der Waals surface area contributed by atoms with Gasteiger partial charge in [0.25, 0.3) is 0 Å². The highest BCUT2D eigenvalue weighted by Crippen LogP contribution is 2.52. The highest BCUT2D eigenvalue weighted by atomic mass is 32.1. The molecule has 0 N–H and O–H groups in total. The van der Waals surface area contributed by atoms with Gasteiger partial charge in [0.2, 0.25) is 0 Å². The predicted octanol–water partition coefficient (Wildman–Crippen LogP) is 15.7. The van der Waals surface area contributed by atoms with Crippen molar-refractivity contribution in [1.29, 1.82) is 0 Å². The van der Waals surface area contributed by atoms with Crippen LogP contribution in [0.3, 0.4) is 0 Å². The van der Waals surface area contributed by atoms with Gasteiger partial charge in [0.05, 0.1) is 19.8 Å². The maximum absolute atomic E-state index is 6.64. The van der Waals surface area contributed by atoms with Crippen LogP contribution in [0.25, 0.3) is 0 Å². The molecule has 0 saturated carbocycles. The molecule has 0 bridgehead atoms. The molecule has 3 nitrogen and oxygen atoms in total. The number of rotatable bonds is 24. The van der Waals surface area contributed by atoms with E-state index in [1.807, 2.05) is 0 Å². The van der Waals surface area contributed by atoms with Gasteiger partial charge in [-0.15, -0.1) is 0 Å². The van der Waals surface area contributed by atoms with Gasteiger partial charge in [0, 0.05) is 70.3 Å². The van der Waals surface area contributed by atoms with Crippen LogP contribution in [-0.2, 0) is 5.41 Å². The maximum Gasteiger partial charge on any atom is 0.127 e. The van der Waals surface area contributed by atoms with E-state index in [9.17, 15) is 0 Å². The van der Waals surface area contributed by atoms with Crippen molar-refractivity contribution < 1.29 is 14.2 Å². The van der Waals surface area contributed by atoms with Gasteiger partial charge in [-0.05, 0) is 118 Å². The molecule has 0 fully saturated rings. The number of thiol groups is 6. The Labute approximate surface area is 374 Å². The summed E-state index contributed by atoms with van der Waals surface area (Å²) in [5.74, 6) is 2.75. The van der Waals surface area contributed by atoms with Crippen LogP contribution in [-0.4, -0.2) is 19.8 Å². The number of ether oxygens (including phenoxy) is 3. The summed E-state index contributed by atoms with van der Waals surface area (Å²) in [5.41, 5.74) is 9.40. The summed E-state index contributed by atoms with van der Waals surface area (Å²) in [7, 11) is 0. The Kier molecular flexibility index (Phi) is 21.1. The molecule has 0 heterocycles. The van der Waals surface area contributed by atoms with E-state index < -0.39 is 5.41 Å². The molecule has 0 aromatic heterocycles. The van der Waals surface area contributed by atoms with Gasteiger partial charge in [-0.1, -0.05) is 62.3 Å². The van der Waals surface area contributed by atoms with Crippen molar-refractivity contribution >= 4 is 75.8 Å². The number of hydrogen-bond acceptors (Lipinski definition) is 9. The molecule has 6 atom stereocenters. The van der Waals surface area contributed by atoms with Crippen LogP contribution < -0.4 is 14.2 Å². The molecule has 0 saturated heterocycles. The highest BCUT2D eigenvalue weighted by molar-refractivity contribution is 7.81. The average molecular weight is 877 g/mol. The molecule has 314 valence electrons. The van der Waals surface area contributed by atoms with Gasteiger partial charge in [-0.3, -0.25) is 0 Å². The second-order valence-electron chi connectivity index (χ2n) is 15.2. The Bertz CT molecular complexity index is 1390. The Morgan fingerprint density at radius 2 is 0.554 bits per heavy atom. The molecule has 56 heavy (non-hydrogen) atoms. The van der Waals surface area contributed by atoms with Crippen molar-refractivity contribution in [1.82, 2.24) is 0 Å². The van der Waals surface area contributed by atoms with Crippen LogP contribution >= 0.6 is 75.8 Å². The molecule has 3 rings (SSSR count). The minimum Gasteiger partial charge on any atom is -0.493 e. The predicted molar refractivity (Wildman–Crippen MR) is 264 cm³/mol. The maximum atomic E-state index is 6.64. The molecule has 0 aliphatic rings. The Morgan fingerprint density at radius 3 is 0.696 bits per heavy atom. The molecule has 0 spiro atoms. The smallest absolute Gasteiger partial charge is 0.127 e. The molecule has 0 aliphatic heterocycles. The van der Waals surface area contributed by atoms with E-state index in [1.54, 1.807) is 0 Å². The molecule has 9 heteroatoms. The molecule has 6 unspecified atom stereocenters. The number of hydrogen-bond donors (Lipinski definition) is 6. The second-order valence-corrected chi connectivity index (χ2v) is 18.9. The van der Waals surface area contributed by atoms with Gasteiger partial charge in [-0.2, -0.15) is 75.8 Å². The average Bonchev–Trinajstić information content (AvgIpc) is 3.23. The van der Waals surface area contributed by atoms with Gasteiger partial charge >= 0.3 is 0 Å². The zero-order valence-electron chi connectivity index (χ0n) is 35.8. The first kappa shape index (κ1) is 49.5. The SMILES string of the molecule is CCCOc1c(C(S)CC)cc(C(C)(c2cc(C(S)CC)c(OCCC)c(C(S)CC)c2)c2cc(C(S)CC)c(OCCC)c(C(S)CC)c2)cc1C(S)CC. The van der Waals surface area contributed by atoms with Crippen LogP contribution in [0.2, 0.25) is 0 Å². The zero-order chi connectivity index (χ0) is 41.7. The van der Waals surface area contributed by atoms with E-state index in [4.69, 9.17) is 90.0 Å². The fourth-order valence-electron chi connectivity index (χ4n) is 7.31. The van der Waals surface area contributed by atoms with Crippen molar-refractivity contribution in [3.8, 4) is 17.2 Å². The van der Waals surface area contributed by atoms with E-state index in [2.05, 4.69) is 106 Å². The summed E-state index contributed by atoms with van der Waals surface area (Å²) in [6.07, 6.45) is 7.88. The molecule has 0 amide bonds. The third-order valence-electron chi connectivity index (χ3n) is 11.0. The normalized spacial score (nSPS) is 16.1. The van der Waals surface area contributed by atoms with Crippen LogP contribution in [0.15, 0.2) is 36.4 Å². The van der Waals surface area contributed by atoms with E-state index >= 15 is 0 Å². The third kappa shape index (κ3) is 11.3. The van der Waals surface area contributed by atoms with Crippen molar-refractivity contribution in [2.75, 3.05) is 19.8 Å². The monoisotopic (exact) mass is 876 g/mol. The highest BCUT2D eigenvalue weighted by Gasteiger charge is 2.38. The summed E-state index contributed by atoms with van der Waals surface area (Å²) < 4.78 is 19.9. The van der Waals surface area contributed by atoms with E-state index in [0.29, 0.717) is 19.8 Å². The minimum atomic E-state index is -0.681. The lowest BCUT2D eigenvalue weighted by Gasteiger charge is -2.37. The van der Waals surface area contributed by atoms with Crippen LogP contribution in [0.4, 0.5) is 0 Å². The summed E-state index contributed by atoms with van der Waals surface area (Å²) in [5, 5.41) is -0.157. The first-order chi connectivity index (χ1) is 26.8. The lowest BCUT2D eigenvalue weighted by atomic mass is 9.68. The van der Waals surface area contributed by atoms with Crippen molar-refractivity contribution in [2.24, 2.45) is 0 Å². The van der Waals surface area contributed by atoms with E-state index in [0.717, 1.165) is 125 Å². The van der Waals surface area contributed by atoms with Gasteiger partial charge in [0.1, 0.15) is 17.2 Å². The zero-order valence-corrected chi connectivity index (χ0v) is 41.2. The first-order valence-electron chi connectivity index (χ1n) is 21.3. The molecular weight excluding hydrogens is 805 g/mol. The third-order valence-corrected chi connectivity index (χ3v) is 14.9. The van der Waals surface area contributed by atoms with Crippen LogP contribution in [0, 0.1) is 0 Å². The minimum absolute atomic E-state index is 0.0262. The Balaban J connectivity index is 2.77. The molecule has 0 aliphatic carbocycles. The van der Waals surface area contributed by atoms with Gasteiger partial charge in [0.15, 0.2) is 0 Å². The quantitative estimate of drug-likeness (QED) is 0.0400. The lowest BCUT2D eigenvalue weighted by Crippen LogP contribution is -2.28. The largest absolute Gasteiger partial charge is 0.493 e. The summed E-state index contributed by atoms with van der Waals surface area (Å²) >= 11 is 31.3. The summed E-state index contributed by atoms with van der Waals surface area (Å²) in [4.78, 5) is 0. The van der Waals surface area contributed by atoms with Crippen molar-refractivity contribution in [2.45, 2.75) is 164 Å². The molecule has 3 aromatic carbocycles. The van der Waals surface area contributed by atoms with Gasteiger partial charge in [-0.25, -0.2) is 0 Å². The van der Waals surface area contributed by atoms with Gasteiger partial charge < -0.3 is 14.2 Å². The summed E-state index contributed by atoms with van der Waals surface area (Å²) in [6, 6.07) is 14.2. The molecule has 0 radical (unpaired) electrons. The van der Waals surface area contributed by atoms with Crippen molar-refractivity contribution in [3.63, 3.8) is 0 Å². The fourth-order valence-corrected chi connectivity index (χ4v) is 8.46. The van der Waals surface area contributed by atoms with E-state index in [1.165, 1.54) is 0 Å². The van der Waals surface area contributed by atoms with E-state index in [-0.39, 0.29) is 31.5 Å². The van der Waals surface area contributed by atoms with Crippen molar-refractivity contribution in [3.05, 3.63) is 86.5 Å². The second kappa shape index (κ2) is 23.8. The summed E-state index contributed by atoms with van der Waals surface area (Å²) in [6.45, 7) is 23.9. The molecular formula is C47H72O3S6. The molecule has 3 aromatic rings. The first-order valence-corrected chi connectivity index (χ1v) is 24.4. The number of benzene rings is 3. The van der Waals surface area contributed by atoms with Crippen LogP contribution in [0.5, 0.6) is 17.2 Å².